The van der Waals surface area contributed by atoms with Crippen LogP contribution in [-0.4, -0.2) is 0 Å². The lowest BCUT2D eigenvalue weighted by Gasteiger charge is -2.20. The van der Waals surface area contributed by atoms with Gasteiger partial charge in [-0.2, -0.15) is 0 Å². The third-order valence-corrected chi connectivity index (χ3v) is 4.87. The van der Waals surface area contributed by atoms with Gasteiger partial charge in [-0.1, -0.05) is 58.6 Å². The van der Waals surface area contributed by atoms with E-state index in [1.165, 1.54) is 53.3 Å². The lowest BCUT2D eigenvalue weighted by molar-refractivity contribution is 0.602. The number of benzene rings is 1. The summed E-state index contributed by atoms with van der Waals surface area (Å²) in [5.41, 5.74) is 10.4. The van der Waals surface area contributed by atoms with Crippen molar-refractivity contribution in [3.05, 3.63) is 45.4 Å². The van der Waals surface area contributed by atoms with Crippen molar-refractivity contribution in [2.75, 3.05) is 0 Å². The maximum Gasteiger partial charge on any atom is 0.0522 e. The molecule has 0 aliphatic heterocycles. The van der Waals surface area contributed by atoms with Gasteiger partial charge in [0.25, 0.3) is 0 Å². The molecule has 0 heterocycles. The average Bonchev–Trinajstić information content (AvgIpc) is 2.31. The highest BCUT2D eigenvalue weighted by Crippen LogP contribution is 2.32. The van der Waals surface area contributed by atoms with Crippen LogP contribution >= 0.6 is 15.9 Å². The molecule has 98 valence electrons. The summed E-state index contributed by atoms with van der Waals surface area (Å²) in [7, 11) is 0. The van der Waals surface area contributed by atoms with E-state index in [4.69, 9.17) is 5.73 Å². The molecule has 0 saturated heterocycles. The summed E-state index contributed by atoms with van der Waals surface area (Å²) in [6.07, 6.45) is 10.0. The smallest absolute Gasteiger partial charge is 0.0522 e. The van der Waals surface area contributed by atoms with E-state index >= 15 is 0 Å². The molecule has 2 N–H and O–H groups in total. The molecule has 0 amide bonds. The zero-order valence-corrected chi connectivity index (χ0v) is 12.7. The Labute approximate surface area is 119 Å². The minimum absolute atomic E-state index is 0.0531. The highest BCUT2D eigenvalue weighted by Gasteiger charge is 2.16. The molecule has 0 bridgehead atoms. The molecule has 1 aliphatic carbocycles. The Morgan fingerprint density at radius 3 is 2.78 bits per heavy atom. The van der Waals surface area contributed by atoms with Gasteiger partial charge >= 0.3 is 0 Å². The minimum Gasteiger partial charge on any atom is -0.321 e. The number of aryl methyl sites for hydroxylation is 1. The van der Waals surface area contributed by atoms with Gasteiger partial charge in [-0.05, 0) is 43.7 Å². The predicted octanol–water partition coefficient (Wildman–Crippen LogP) is 5.04. The van der Waals surface area contributed by atoms with E-state index in [1.54, 1.807) is 0 Å². The molecular weight excluding hydrogens is 286 g/mol. The number of rotatable bonds is 2. The van der Waals surface area contributed by atoms with Crippen LogP contribution in [0.2, 0.25) is 0 Å². The first-order valence-corrected chi connectivity index (χ1v) is 7.69. The van der Waals surface area contributed by atoms with Crippen LogP contribution in [0.4, 0.5) is 0 Å². The Kier molecular flexibility index (Phi) is 5.02. The van der Waals surface area contributed by atoms with Crippen LogP contribution in [-0.2, 0) is 0 Å². The summed E-state index contributed by atoms with van der Waals surface area (Å²) in [4.78, 5) is 0. The van der Waals surface area contributed by atoms with Crippen LogP contribution in [0.1, 0.15) is 55.7 Å². The van der Waals surface area contributed by atoms with Crippen molar-refractivity contribution in [2.45, 2.75) is 51.5 Å². The van der Waals surface area contributed by atoms with Gasteiger partial charge in [0.15, 0.2) is 0 Å². The van der Waals surface area contributed by atoms with Gasteiger partial charge in [-0.15, -0.1) is 0 Å². The van der Waals surface area contributed by atoms with Crippen LogP contribution in [0.3, 0.4) is 0 Å². The van der Waals surface area contributed by atoms with Gasteiger partial charge in [0.05, 0.1) is 6.04 Å². The first-order chi connectivity index (χ1) is 8.70. The van der Waals surface area contributed by atoms with Crippen LogP contribution in [0, 0.1) is 6.92 Å². The fourth-order valence-corrected chi connectivity index (χ4v) is 3.12. The second-order valence-electron chi connectivity index (χ2n) is 5.19. The van der Waals surface area contributed by atoms with Crippen molar-refractivity contribution in [3.8, 4) is 0 Å². The highest BCUT2D eigenvalue weighted by molar-refractivity contribution is 9.10. The van der Waals surface area contributed by atoms with Crippen molar-refractivity contribution in [1.29, 1.82) is 0 Å². The van der Waals surface area contributed by atoms with Gasteiger partial charge < -0.3 is 5.73 Å². The van der Waals surface area contributed by atoms with Gasteiger partial charge in [-0.25, -0.2) is 0 Å². The number of hydrogen-bond donors (Lipinski definition) is 1. The molecule has 0 fully saturated rings. The number of allylic oxidation sites excluding steroid dienone is 1. The Balaban J connectivity index is 2.23. The van der Waals surface area contributed by atoms with E-state index in [0.717, 1.165) is 6.42 Å². The Morgan fingerprint density at radius 1 is 1.17 bits per heavy atom. The highest BCUT2D eigenvalue weighted by atomic mass is 79.9. The quantitative estimate of drug-likeness (QED) is 0.761. The molecule has 1 aliphatic rings. The largest absolute Gasteiger partial charge is 0.321 e. The molecule has 0 radical (unpaired) electrons. The normalized spacial score (nSPS) is 21.6. The fourth-order valence-electron chi connectivity index (χ4n) is 2.61. The van der Waals surface area contributed by atoms with Crippen LogP contribution < -0.4 is 5.73 Å². The number of halogens is 1. The fraction of sp³-hybridized carbons (Fsp3) is 0.500. The minimum atomic E-state index is 0.0531. The van der Waals surface area contributed by atoms with Crippen LogP contribution in [0.5, 0.6) is 0 Å². The molecule has 1 aromatic rings. The molecular formula is C16H22BrN. The summed E-state index contributed by atoms with van der Waals surface area (Å²) in [5.74, 6) is 0. The first kappa shape index (κ1) is 13.8. The van der Waals surface area contributed by atoms with Crippen LogP contribution in [0.15, 0.2) is 34.3 Å². The molecule has 2 heteroatoms. The van der Waals surface area contributed by atoms with Crippen molar-refractivity contribution in [1.82, 2.24) is 0 Å². The Bertz CT molecular complexity index is 437. The number of hydrogen-bond acceptors (Lipinski definition) is 1. The maximum absolute atomic E-state index is 6.46. The lowest BCUT2D eigenvalue weighted by Crippen LogP contribution is -2.15. The molecule has 1 nitrogen and oxygen atoms in total. The van der Waals surface area contributed by atoms with E-state index < -0.39 is 0 Å². The summed E-state index contributed by atoms with van der Waals surface area (Å²) in [6.45, 7) is 2.12. The van der Waals surface area contributed by atoms with Gasteiger partial charge in [0.1, 0.15) is 0 Å². The second-order valence-corrected chi connectivity index (χ2v) is 5.98. The molecule has 1 aromatic carbocycles. The topological polar surface area (TPSA) is 26.0 Å². The zero-order valence-electron chi connectivity index (χ0n) is 11.1. The SMILES string of the molecule is Cc1cccc(C(N)/C2=C/CCCCCC2)c1Br. The van der Waals surface area contributed by atoms with E-state index in [2.05, 4.69) is 47.1 Å². The van der Waals surface area contributed by atoms with E-state index in [0.29, 0.717) is 0 Å². The predicted molar refractivity (Wildman–Crippen MR) is 81.6 cm³/mol. The summed E-state index contributed by atoms with van der Waals surface area (Å²) >= 11 is 3.68. The first-order valence-electron chi connectivity index (χ1n) is 6.89. The zero-order chi connectivity index (χ0) is 13.0. The molecule has 2 rings (SSSR count). The average molecular weight is 308 g/mol. The van der Waals surface area contributed by atoms with Gasteiger partial charge in [-0.3, -0.25) is 0 Å². The third-order valence-electron chi connectivity index (χ3n) is 3.78. The molecule has 0 aromatic heterocycles. The Hall–Kier alpha value is -0.600. The summed E-state index contributed by atoms with van der Waals surface area (Å²) in [5, 5.41) is 0. The van der Waals surface area contributed by atoms with E-state index in [9.17, 15) is 0 Å². The molecule has 18 heavy (non-hydrogen) atoms. The third kappa shape index (κ3) is 3.24. The molecule has 1 unspecified atom stereocenters. The van der Waals surface area contributed by atoms with E-state index in [1.807, 2.05) is 0 Å². The van der Waals surface area contributed by atoms with Crippen LogP contribution in [0.25, 0.3) is 0 Å². The van der Waals surface area contributed by atoms with Crippen molar-refractivity contribution in [3.63, 3.8) is 0 Å². The van der Waals surface area contributed by atoms with Gasteiger partial charge in [0.2, 0.25) is 0 Å². The molecule has 1 atom stereocenters. The Morgan fingerprint density at radius 2 is 1.94 bits per heavy atom. The number of nitrogens with two attached hydrogens (primary N) is 1. The van der Waals surface area contributed by atoms with Gasteiger partial charge in [0, 0.05) is 4.47 Å². The monoisotopic (exact) mass is 307 g/mol. The maximum atomic E-state index is 6.46. The second kappa shape index (κ2) is 6.53. The molecule has 0 spiro atoms. The van der Waals surface area contributed by atoms with Crippen molar-refractivity contribution < 1.29 is 0 Å². The van der Waals surface area contributed by atoms with E-state index in [-0.39, 0.29) is 6.04 Å². The van der Waals surface area contributed by atoms with Crippen molar-refractivity contribution >= 4 is 15.9 Å². The standard InChI is InChI=1S/C16H22BrN/c1-12-8-7-11-14(15(12)17)16(18)13-9-5-3-2-4-6-10-13/h7-9,11,16H,2-6,10,18H2,1H3/b13-9+. The van der Waals surface area contributed by atoms with Crippen molar-refractivity contribution in [2.24, 2.45) is 5.73 Å². The summed E-state index contributed by atoms with van der Waals surface area (Å²) in [6, 6.07) is 6.41. The summed E-state index contributed by atoms with van der Waals surface area (Å²) < 4.78 is 1.17. The lowest BCUT2D eigenvalue weighted by atomic mass is 9.91. The molecule has 0 saturated carbocycles.